The van der Waals surface area contributed by atoms with Gasteiger partial charge in [-0.05, 0) is 37.3 Å². The van der Waals surface area contributed by atoms with Crippen molar-refractivity contribution in [3.8, 4) is 5.75 Å². The molecular formula is C15H17F3O4S. The van der Waals surface area contributed by atoms with Gasteiger partial charge >= 0.3 is 6.36 Å². The minimum absolute atomic E-state index is 0.0538. The van der Waals surface area contributed by atoms with Crippen LogP contribution < -0.4 is 4.74 Å². The quantitative estimate of drug-likeness (QED) is 0.910. The number of ether oxygens (including phenoxy) is 1. The summed E-state index contributed by atoms with van der Waals surface area (Å²) in [4.78, 5) is 0. The van der Waals surface area contributed by atoms with Crippen molar-refractivity contribution in [3.05, 3.63) is 29.8 Å². The average Bonchev–Trinajstić information content (AvgIpc) is 2.59. The molecule has 0 aromatic heterocycles. The zero-order chi connectivity index (χ0) is 16.9. The molecule has 128 valence electrons. The Hall–Kier alpha value is -1.28. The highest BCUT2D eigenvalue weighted by Gasteiger charge is 2.52. The van der Waals surface area contributed by atoms with Gasteiger partial charge in [0.05, 0.1) is 16.1 Å². The highest BCUT2D eigenvalue weighted by atomic mass is 32.2. The van der Waals surface area contributed by atoms with E-state index in [0.29, 0.717) is 12.8 Å². The average molecular weight is 350 g/mol. The molecule has 1 aromatic carbocycles. The van der Waals surface area contributed by atoms with Gasteiger partial charge in [0.25, 0.3) is 0 Å². The molecule has 2 bridgehead atoms. The summed E-state index contributed by atoms with van der Waals surface area (Å²) in [5, 5.41) is 9.57. The van der Waals surface area contributed by atoms with E-state index < -0.39 is 32.3 Å². The van der Waals surface area contributed by atoms with Gasteiger partial charge in [0, 0.05) is 6.42 Å². The standard InChI is InChI=1S/C15H17F3O4S/c16-15(17,18)22-13-4-2-1-3-10(13)7-14(19)8-11-5-6-12(9-14)23(11,20)21/h1-4,11-12,19H,5-9H2. The maximum atomic E-state index is 12.5. The number of alkyl halides is 3. The highest BCUT2D eigenvalue weighted by Crippen LogP contribution is 2.45. The molecule has 2 atom stereocenters. The third-order valence-electron chi connectivity index (χ3n) is 4.67. The lowest BCUT2D eigenvalue weighted by Gasteiger charge is -2.36. The second-order valence-corrected chi connectivity index (χ2v) is 8.89. The van der Waals surface area contributed by atoms with Crippen LogP contribution in [0.2, 0.25) is 0 Å². The number of halogens is 3. The van der Waals surface area contributed by atoms with Crippen LogP contribution in [-0.4, -0.2) is 36.0 Å². The lowest BCUT2D eigenvalue weighted by Crippen LogP contribution is -2.46. The van der Waals surface area contributed by atoms with Crippen LogP contribution in [0, 0.1) is 0 Å². The molecule has 0 saturated carbocycles. The third-order valence-corrected chi connectivity index (χ3v) is 7.34. The number of hydrogen-bond donors (Lipinski definition) is 1. The molecule has 1 aromatic rings. The van der Waals surface area contributed by atoms with Gasteiger partial charge in [0.2, 0.25) is 0 Å². The molecule has 0 spiro atoms. The van der Waals surface area contributed by atoms with E-state index >= 15 is 0 Å². The molecule has 4 nitrogen and oxygen atoms in total. The van der Waals surface area contributed by atoms with Gasteiger partial charge in [0.15, 0.2) is 9.84 Å². The largest absolute Gasteiger partial charge is 0.573 e. The van der Waals surface area contributed by atoms with Crippen molar-refractivity contribution in [3.63, 3.8) is 0 Å². The molecule has 1 N–H and O–H groups in total. The minimum atomic E-state index is -4.81. The van der Waals surface area contributed by atoms with Crippen molar-refractivity contribution >= 4 is 9.84 Å². The van der Waals surface area contributed by atoms with Gasteiger partial charge in [-0.1, -0.05) is 18.2 Å². The summed E-state index contributed by atoms with van der Waals surface area (Å²) in [6, 6.07) is 5.64. The lowest BCUT2D eigenvalue weighted by molar-refractivity contribution is -0.275. The number of benzene rings is 1. The van der Waals surface area contributed by atoms with E-state index in [9.17, 15) is 26.7 Å². The molecule has 0 radical (unpaired) electrons. The van der Waals surface area contributed by atoms with Gasteiger partial charge < -0.3 is 9.84 Å². The van der Waals surface area contributed by atoms with Crippen molar-refractivity contribution in [1.29, 1.82) is 0 Å². The molecule has 3 rings (SSSR count). The van der Waals surface area contributed by atoms with Gasteiger partial charge in [0.1, 0.15) is 5.75 Å². The molecular weight excluding hydrogens is 333 g/mol. The van der Waals surface area contributed by atoms with Crippen LogP contribution >= 0.6 is 0 Å². The van der Waals surface area contributed by atoms with Crippen molar-refractivity contribution in [1.82, 2.24) is 0 Å². The number of rotatable bonds is 3. The fourth-order valence-corrected chi connectivity index (χ4v) is 6.27. The predicted octanol–water partition coefficient (Wildman–Crippen LogP) is 2.60. The molecule has 0 aliphatic carbocycles. The number of fused-ring (bicyclic) bond motifs is 2. The predicted molar refractivity (Wildman–Crippen MR) is 76.7 cm³/mol. The van der Waals surface area contributed by atoms with E-state index in [1.165, 1.54) is 18.2 Å². The first-order valence-corrected chi connectivity index (χ1v) is 8.99. The fourth-order valence-electron chi connectivity index (χ4n) is 3.71. The molecule has 23 heavy (non-hydrogen) atoms. The fraction of sp³-hybridized carbons (Fsp3) is 0.600. The first-order valence-electron chi connectivity index (χ1n) is 7.38. The van der Waals surface area contributed by atoms with E-state index in [2.05, 4.69) is 4.74 Å². The monoisotopic (exact) mass is 350 g/mol. The molecule has 0 amide bonds. The summed E-state index contributed by atoms with van der Waals surface area (Å²) in [7, 11) is -3.20. The Morgan fingerprint density at radius 1 is 1.17 bits per heavy atom. The van der Waals surface area contributed by atoms with Crippen LogP contribution in [0.15, 0.2) is 24.3 Å². The molecule has 2 fully saturated rings. The minimum Gasteiger partial charge on any atom is -0.406 e. The first-order chi connectivity index (χ1) is 10.6. The summed E-state index contributed by atoms with van der Waals surface area (Å²) in [5.74, 6) is -0.353. The molecule has 2 aliphatic rings. The Labute approximate surface area is 132 Å². The van der Waals surface area contributed by atoms with Crippen molar-refractivity contribution in [2.45, 2.75) is 54.6 Å². The van der Waals surface area contributed by atoms with Crippen LogP contribution in [0.3, 0.4) is 0 Å². The summed E-state index contributed by atoms with van der Waals surface area (Å²) >= 11 is 0. The Morgan fingerprint density at radius 2 is 1.74 bits per heavy atom. The number of hydrogen-bond acceptors (Lipinski definition) is 4. The summed E-state index contributed by atoms with van der Waals surface area (Å²) in [6.45, 7) is 0. The zero-order valence-electron chi connectivity index (χ0n) is 12.2. The number of aliphatic hydroxyl groups is 1. The Kier molecular flexibility index (Phi) is 3.87. The van der Waals surface area contributed by atoms with Gasteiger partial charge in [-0.25, -0.2) is 8.42 Å². The van der Waals surface area contributed by atoms with Crippen LogP contribution in [0.5, 0.6) is 5.75 Å². The third kappa shape index (κ3) is 3.33. The van der Waals surface area contributed by atoms with E-state index in [1.807, 2.05) is 0 Å². The van der Waals surface area contributed by atoms with Gasteiger partial charge in [-0.3, -0.25) is 0 Å². The Morgan fingerprint density at radius 3 is 2.30 bits per heavy atom. The van der Waals surface area contributed by atoms with Crippen LogP contribution in [0.4, 0.5) is 13.2 Å². The maximum absolute atomic E-state index is 12.5. The van der Waals surface area contributed by atoms with E-state index in [4.69, 9.17) is 0 Å². The zero-order valence-corrected chi connectivity index (χ0v) is 13.0. The van der Waals surface area contributed by atoms with Crippen molar-refractivity contribution in [2.75, 3.05) is 0 Å². The van der Waals surface area contributed by atoms with Crippen molar-refractivity contribution in [2.24, 2.45) is 0 Å². The normalized spacial score (nSPS) is 32.7. The summed E-state index contributed by atoms with van der Waals surface area (Å²) in [5.41, 5.74) is -1.09. The number of para-hydroxylation sites is 1. The second kappa shape index (κ2) is 5.37. The highest BCUT2D eigenvalue weighted by molar-refractivity contribution is 7.93. The second-order valence-electron chi connectivity index (χ2n) is 6.38. The molecule has 2 unspecified atom stereocenters. The van der Waals surface area contributed by atoms with E-state index in [0.717, 1.165) is 0 Å². The van der Waals surface area contributed by atoms with E-state index in [1.54, 1.807) is 6.07 Å². The van der Waals surface area contributed by atoms with Crippen LogP contribution in [0.1, 0.15) is 31.2 Å². The molecule has 2 saturated heterocycles. The topological polar surface area (TPSA) is 63.6 Å². The molecule has 2 aliphatic heterocycles. The smallest absolute Gasteiger partial charge is 0.406 e. The SMILES string of the molecule is O=S1(=O)C2CCC1CC(O)(Cc1ccccc1OC(F)(F)F)C2. The maximum Gasteiger partial charge on any atom is 0.573 e. The van der Waals surface area contributed by atoms with Crippen molar-refractivity contribution < 1.29 is 31.4 Å². The lowest BCUT2D eigenvalue weighted by atomic mass is 9.86. The van der Waals surface area contributed by atoms with E-state index in [-0.39, 0.29) is 30.6 Å². The molecule has 8 heteroatoms. The Bertz CT molecular complexity index is 679. The van der Waals surface area contributed by atoms with Gasteiger partial charge in [-0.15, -0.1) is 13.2 Å². The summed E-state index contributed by atoms with van der Waals surface area (Å²) < 4.78 is 65.6. The number of sulfone groups is 1. The van der Waals surface area contributed by atoms with Crippen LogP contribution in [-0.2, 0) is 16.3 Å². The molecule has 2 heterocycles. The Balaban J connectivity index is 1.83. The summed E-state index contributed by atoms with van der Waals surface area (Å²) in [6.07, 6.45) is -3.72. The van der Waals surface area contributed by atoms with Crippen LogP contribution in [0.25, 0.3) is 0 Å². The first kappa shape index (κ1) is 16.6. The van der Waals surface area contributed by atoms with Gasteiger partial charge in [-0.2, -0.15) is 0 Å².